The van der Waals surface area contributed by atoms with Crippen LogP contribution in [0.2, 0.25) is 0 Å². The molecule has 13 heteroatoms. The van der Waals surface area contributed by atoms with Crippen molar-refractivity contribution in [2.75, 3.05) is 61.9 Å². The summed E-state index contributed by atoms with van der Waals surface area (Å²) < 4.78 is 62.9. The largest absolute Gasteiger partial charge is 0.486 e. The maximum Gasteiger partial charge on any atom is 0.326 e. The molecule has 0 atom stereocenters. The van der Waals surface area contributed by atoms with Crippen LogP contribution in [0.15, 0.2) is 77.7 Å². The first kappa shape index (κ1) is 32.8. The van der Waals surface area contributed by atoms with Crippen molar-refractivity contribution < 1.29 is 46.4 Å². The van der Waals surface area contributed by atoms with E-state index >= 15 is 0 Å². The van der Waals surface area contributed by atoms with Crippen LogP contribution in [0.4, 0.5) is 11.4 Å². The van der Waals surface area contributed by atoms with Gasteiger partial charge in [-0.25, -0.2) is 8.42 Å². The highest BCUT2D eigenvalue weighted by molar-refractivity contribution is 7.92. The van der Waals surface area contributed by atoms with Gasteiger partial charge in [0.05, 0.1) is 23.8 Å². The van der Waals surface area contributed by atoms with Gasteiger partial charge in [0.15, 0.2) is 23.0 Å². The van der Waals surface area contributed by atoms with Crippen LogP contribution in [0.5, 0.6) is 23.0 Å². The van der Waals surface area contributed by atoms with Crippen LogP contribution in [0.3, 0.4) is 0 Å². The van der Waals surface area contributed by atoms with Gasteiger partial charge >= 0.3 is 11.9 Å². The second kappa shape index (κ2) is 14.3. The number of anilines is 2. The fraction of sp³-hybridized carbons (Fsp3) is 0.314. The molecule has 0 saturated heterocycles. The minimum atomic E-state index is -4.33. The SMILES string of the molecule is CCOC(=O)CN(Cc1ccc2c(c1)OCCO2)c1ccc(N(CC(=O)OCC)S(=O)(=O)c2ccc3c(c2)OCCO3)c2ccccc12. The lowest BCUT2D eigenvalue weighted by Gasteiger charge is -2.29. The number of fused-ring (bicyclic) bond motifs is 3. The van der Waals surface area contributed by atoms with E-state index in [4.69, 9.17) is 28.4 Å². The van der Waals surface area contributed by atoms with Crippen molar-refractivity contribution in [3.63, 3.8) is 0 Å². The van der Waals surface area contributed by atoms with E-state index in [2.05, 4.69) is 0 Å². The smallest absolute Gasteiger partial charge is 0.326 e. The average Bonchev–Trinajstić information content (AvgIpc) is 3.10. The van der Waals surface area contributed by atoms with E-state index in [1.54, 1.807) is 38.1 Å². The van der Waals surface area contributed by atoms with E-state index in [-0.39, 0.29) is 36.9 Å². The summed E-state index contributed by atoms with van der Waals surface area (Å²) in [7, 11) is -4.33. The van der Waals surface area contributed by atoms with E-state index in [0.29, 0.717) is 65.8 Å². The van der Waals surface area contributed by atoms with E-state index in [1.807, 2.05) is 35.2 Å². The molecule has 0 bridgehead atoms. The summed E-state index contributed by atoms with van der Waals surface area (Å²) >= 11 is 0. The van der Waals surface area contributed by atoms with Crippen LogP contribution in [-0.4, -0.2) is 73.1 Å². The number of carbonyl (C=O) groups excluding carboxylic acids is 2. The van der Waals surface area contributed by atoms with Gasteiger partial charge in [-0.05, 0) is 55.8 Å². The Balaban J connectivity index is 1.44. The molecule has 0 unspecified atom stereocenters. The van der Waals surface area contributed by atoms with Crippen molar-refractivity contribution in [3.05, 3.63) is 78.4 Å². The Hall–Kier alpha value is -5.17. The summed E-state index contributed by atoms with van der Waals surface area (Å²) in [5, 5.41) is 1.19. The maximum atomic E-state index is 14.3. The highest BCUT2D eigenvalue weighted by Crippen LogP contribution is 2.39. The molecule has 48 heavy (non-hydrogen) atoms. The molecule has 252 valence electrons. The summed E-state index contributed by atoms with van der Waals surface area (Å²) in [5.41, 5.74) is 1.78. The highest BCUT2D eigenvalue weighted by atomic mass is 32.2. The predicted octanol–water partition coefficient (Wildman–Crippen LogP) is 4.71. The van der Waals surface area contributed by atoms with Gasteiger partial charge in [0.1, 0.15) is 39.5 Å². The molecule has 0 fully saturated rings. The summed E-state index contributed by atoms with van der Waals surface area (Å²) in [6, 6.07) is 20.6. The van der Waals surface area contributed by atoms with E-state index in [1.165, 1.54) is 18.2 Å². The number of nitrogens with zero attached hydrogens (tertiary/aromatic N) is 2. The molecule has 0 aromatic heterocycles. The molecule has 0 N–H and O–H groups in total. The summed E-state index contributed by atoms with van der Waals surface area (Å²) in [6.45, 7) is 4.90. The van der Waals surface area contributed by atoms with Crippen molar-refractivity contribution in [3.8, 4) is 23.0 Å². The van der Waals surface area contributed by atoms with Gasteiger partial charge in [-0.2, -0.15) is 0 Å². The van der Waals surface area contributed by atoms with Crippen molar-refractivity contribution in [2.45, 2.75) is 25.3 Å². The molecule has 2 aliphatic heterocycles. The lowest BCUT2D eigenvalue weighted by atomic mass is 10.0. The third kappa shape index (κ3) is 6.91. The standard InChI is InChI=1S/C35H36N2O10S/c1-3-42-34(38)22-36(21-24-9-13-30-32(19-24)46-17-15-44-30)28-11-12-29(27-8-6-5-7-26(27)28)37(23-35(39)43-4-2)48(40,41)25-10-14-31-33(20-25)47-18-16-45-31/h5-14,19-20H,3-4,15-18,21-23H2,1-2H3. The number of carbonyl (C=O) groups is 2. The highest BCUT2D eigenvalue weighted by Gasteiger charge is 2.31. The van der Waals surface area contributed by atoms with Crippen LogP contribution >= 0.6 is 0 Å². The molecule has 0 saturated carbocycles. The van der Waals surface area contributed by atoms with Crippen LogP contribution in [0.1, 0.15) is 19.4 Å². The Morgan fingerprint density at radius 3 is 1.85 bits per heavy atom. The Bertz CT molecular complexity index is 1930. The van der Waals surface area contributed by atoms with Crippen LogP contribution in [0.25, 0.3) is 10.8 Å². The molecule has 4 aromatic rings. The molecule has 2 aliphatic rings. The molecule has 0 spiro atoms. The maximum absolute atomic E-state index is 14.3. The lowest BCUT2D eigenvalue weighted by Crippen LogP contribution is -2.37. The molecule has 2 heterocycles. The number of ether oxygens (including phenoxy) is 6. The number of benzene rings is 4. The third-order valence-electron chi connectivity index (χ3n) is 7.77. The number of hydrogen-bond acceptors (Lipinski definition) is 11. The molecular formula is C35H36N2O10S. The van der Waals surface area contributed by atoms with Gasteiger partial charge in [0.2, 0.25) is 0 Å². The second-order valence-electron chi connectivity index (χ2n) is 10.9. The van der Waals surface area contributed by atoms with Gasteiger partial charge < -0.3 is 33.3 Å². The monoisotopic (exact) mass is 676 g/mol. The molecule has 4 aromatic carbocycles. The van der Waals surface area contributed by atoms with Gasteiger partial charge in [0, 0.05) is 29.1 Å². The second-order valence-corrected chi connectivity index (χ2v) is 12.8. The Morgan fingerprint density at radius 2 is 1.21 bits per heavy atom. The van der Waals surface area contributed by atoms with Crippen molar-refractivity contribution >= 4 is 44.1 Å². The Morgan fingerprint density at radius 1 is 0.667 bits per heavy atom. The third-order valence-corrected chi connectivity index (χ3v) is 9.53. The summed E-state index contributed by atoms with van der Waals surface area (Å²) in [4.78, 5) is 27.5. The fourth-order valence-electron chi connectivity index (χ4n) is 5.69. The quantitative estimate of drug-likeness (QED) is 0.194. The van der Waals surface area contributed by atoms with Gasteiger partial charge in [0.25, 0.3) is 10.0 Å². The first-order chi connectivity index (χ1) is 23.3. The Labute approximate surface area is 278 Å². The minimum Gasteiger partial charge on any atom is -0.486 e. The first-order valence-corrected chi connectivity index (χ1v) is 17.1. The average molecular weight is 677 g/mol. The van der Waals surface area contributed by atoms with Gasteiger partial charge in [-0.3, -0.25) is 13.9 Å². The van der Waals surface area contributed by atoms with Gasteiger partial charge in [-0.1, -0.05) is 30.3 Å². The molecule has 0 radical (unpaired) electrons. The van der Waals surface area contributed by atoms with E-state index in [9.17, 15) is 18.0 Å². The van der Waals surface area contributed by atoms with Crippen LogP contribution < -0.4 is 28.2 Å². The van der Waals surface area contributed by atoms with Crippen LogP contribution in [0, 0.1) is 0 Å². The van der Waals surface area contributed by atoms with E-state index < -0.39 is 28.5 Å². The number of sulfonamides is 1. The number of rotatable bonds is 12. The molecule has 0 aliphatic carbocycles. The van der Waals surface area contributed by atoms with Crippen molar-refractivity contribution in [1.82, 2.24) is 0 Å². The predicted molar refractivity (Wildman–Crippen MR) is 178 cm³/mol. The fourth-order valence-corrected chi connectivity index (χ4v) is 7.13. The Kier molecular flexibility index (Phi) is 9.76. The first-order valence-electron chi connectivity index (χ1n) is 15.7. The molecular weight excluding hydrogens is 640 g/mol. The zero-order chi connectivity index (χ0) is 33.7. The van der Waals surface area contributed by atoms with Crippen molar-refractivity contribution in [2.24, 2.45) is 0 Å². The minimum absolute atomic E-state index is 0.0757. The van der Waals surface area contributed by atoms with Crippen LogP contribution in [-0.2, 0) is 35.6 Å². The topological polar surface area (TPSA) is 130 Å². The number of hydrogen-bond donors (Lipinski definition) is 0. The number of esters is 2. The van der Waals surface area contributed by atoms with E-state index in [0.717, 1.165) is 9.87 Å². The normalized spacial score (nSPS) is 13.5. The molecule has 12 nitrogen and oxygen atoms in total. The molecule has 6 rings (SSSR count). The zero-order valence-electron chi connectivity index (χ0n) is 26.7. The lowest BCUT2D eigenvalue weighted by molar-refractivity contribution is -0.142. The summed E-state index contributed by atoms with van der Waals surface area (Å²) in [6.07, 6.45) is 0. The summed E-state index contributed by atoms with van der Waals surface area (Å²) in [5.74, 6) is 0.869. The molecule has 0 amide bonds. The van der Waals surface area contributed by atoms with Crippen molar-refractivity contribution in [1.29, 1.82) is 0 Å². The van der Waals surface area contributed by atoms with Gasteiger partial charge in [-0.15, -0.1) is 0 Å². The zero-order valence-corrected chi connectivity index (χ0v) is 27.5.